The lowest BCUT2D eigenvalue weighted by Crippen LogP contribution is -2.63. The van der Waals surface area contributed by atoms with E-state index in [1.165, 1.54) is 13.8 Å². The van der Waals surface area contributed by atoms with Gasteiger partial charge in [0, 0.05) is 70.4 Å². The first-order valence-electron chi connectivity index (χ1n) is 20.7. The zero-order valence-corrected chi connectivity index (χ0v) is 36.7. The minimum Gasteiger partial charge on any atom is -0.463 e. The Labute approximate surface area is 352 Å². The second-order valence-electron chi connectivity index (χ2n) is 17.5. The van der Waals surface area contributed by atoms with Crippen molar-refractivity contribution in [3.05, 3.63) is 52.2 Å². The van der Waals surface area contributed by atoms with Crippen LogP contribution < -0.4 is 4.74 Å². The molecular weight excluding hydrogens is 777 g/mol. The number of hydrogen-bond acceptors (Lipinski definition) is 14. The second kappa shape index (κ2) is 19.6. The summed E-state index contributed by atoms with van der Waals surface area (Å²) in [5, 5.41) is 7.57. The van der Waals surface area contributed by atoms with Gasteiger partial charge in [-0.05, 0) is 82.7 Å². The van der Waals surface area contributed by atoms with Crippen LogP contribution in [0.15, 0.2) is 24.3 Å². The number of aromatic amines is 1. The predicted octanol–water partition coefficient (Wildman–Crippen LogP) is 5.63. The largest absolute Gasteiger partial charge is 0.463 e. The van der Waals surface area contributed by atoms with Gasteiger partial charge in [-0.15, -0.1) is 5.10 Å². The molecule has 3 aliphatic heterocycles. The van der Waals surface area contributed by atoms with Crippen LogP contribution in [0.1, 0.15) is 115 Å². The van der Waals surface area contributed by atoms with E-state index in [9.17, 15) is 24.0 Å². The number of aromatic nitrogens is 2. The molecule has 0 unspecified atom stereocenters. The first-order chi connectivity index (χ1) is 28.2. The highest BCUT2D eigenvalue weighted by Crippen LogP contribution is 2.41. The smallest absolute Gasteiger partial charge is 0.410 e. The summed E-state index contributed by atoms with van der Waals surface area (Å²) < 4.78 is 40.0. The molecule has 4 heterocycles. The van der Waals surface area contributed by atoms with Crippen molar-refractivity contribution in [3.63, 3.8) is 0 Å². The maximum absolute atomic E-state index is 12.4. The van der Waals surface area contributed by atoms with Gasteiger partial charge in [0.25, 0.3) is 0 Å². The van der Waals surface area contributed by atoms with Crippen LogP contribution in [0.3, 0.4) is 0 Å². The average molecular weight is 839 g/mol. The van der Waals surface area contributed by atoms with E-state index in [4.69, 9.17) is 33.2 Å². The molecule has 1 aromatic heterocycles. The van der Waals surface area contributed by atoms with E-state index in [0.29, 0.717) is 6.42 Å². The minimum absolute atomic E-state index is 0.0221. The van der Waals surface area contributed by atoms with Crippen molar-refractivity contribution in [2.24, 2.45) is 5.41 Å². The number of carbonyl (C=O) groups excluding carboxylic acids is 5. The third-order valence-corrected chi connectivity index (χ3v) is 10.9. The molecule has 0 aliphatic carbocycles. The third-order valence-electron chi connectivity index (χ3n) is 10.9. The van der Waals surface area contributed by atoms with Crippen LogP contribution in [0, 0.1) is 12.3 Å². The number of piperidine rings is 1. The third kappa shape index (κ3) is 12.3. The lowest BCUT2D eigenvalue weighted by molar-refractivity contribution is -0.289. The number of hydrogen-bond donors (Lipinski definition) is 1. The fraction of sp³-hybridized carbons (Fsp3) is 0.636. The molecule has 16 heteroatoms. The first-order valence-corrected chi connectivity index (χ1v) is 20.7. The Bertz CT molecular complexity index is 1880. The lowest BCUT2D eigenvalue weighted by Gasteiger charge is -2.53. The van der Waals surface area contributed by atoms with E-state index < -0.39 is 60.2 Å². The van der Waals surface area contributed by atoms with E-state index in [-0.39, 0.29) is 29.9 Å². The fourth-order valence-electron chi connectivity index (χ4n) is 7.97. The van der Waals surface area contributed by atoms with Crippen LogP contribution in [-0.2, 0) is 54.0 Å². The Balaban J connectivity index is 1.24. The quantitative estimate of drug-likeness (QED) is 0.182. The summed E-state index contributed by atoms with van der Waals surface area (Å²) in [4.78, 5) is 65.4. The van der Waals surface area contributed by atoms with Gasteiger partial charge in [-0.2, -0.15) is 0 Å². The predicted molar refractivity (Wildman–Crippen MR) is 219 cm³/mol. The number of H-pyrrole nitrogens is 1. The maximum Gasteiger partial charge on any atom is 0.410 e. The van der Waals surface area contributed by atoms with E-state index in [2.05, 4.69) is 52.4 Å². The number of nitrogens with one attached hydrogen (secondary N) is 1. The number of esters is 4. The molecule has 2 aromatic rings. The monoisotopic (exact) mass is 838 g/mol. The zero-order chi connectivity index (χ0) is 43.9. The first kappa shape index (κ1) is 46.1. The molecule has 1 spiro atoms. The number of carbonyl (C=O) groups is 5. The Kier molecular flexibility index (Phi) is 15.1. The number of ether oxygens (including phenoxy) is 7. The summed E-state index contributed by atoms with van der Waals surface area (Å²) in [6.07, 6.45) is 1.01. The maximum atomic E-state index is 12.4. The average Bonchev–Trinajstić information content (AvgIpc) is 3.52. The van der Waals surface area contributed by atoms with Crippen LogP contribution in [0.5, 0.6) is 5.88 Å². The van der Waals surface area contributed by atoms with Gasteiger partial charge in [-0.25, -0.2) is 4.79 Å². The number of benzene rings is 1. The number of likely N-dealkylation sites (tertiary alicyclic amines) is 2. The summed E-state index contributed by atoms with van der Waals surface area (Å²) in [7, 11) is 0. The zero-order valence-electron chi connectivity index (χ0n) is 36.7. The highest BCUT2D eigenvalue weighted by atomic mass is 16.7. The lowest BCUT2D eigenvalue weighted by atomic mass is 9.72. The molecule has 330 valence electrons. The van der Waals surface area contributed by atoms with Crippen molar-refractivity contribution >= 4 is 36.0 Å². The SMILES string of the molecule is CC(=O)OC[C@H]1O[C@@H](Oc2n[nH]c(C(C)C)c2Cc2ccc(/C=C/CCN3CCC4(CC3)CN(C(=O)OC(C)(C)C)C4)cc2C)[C@H](OC(C)=O)[C@@H](OC(C)=O)[C@@H]1OC(C)=O. The van der Waals surface area contributed by atoms with E-state index in [0.717, 1.165) is 93.8 Å². The van der Waals surface area contributed by atoms with Gasteiger partial charge in [-0.3, -0.25) is 24.3 Å². The fourth-order valence-corrected chi connectivity index (χ4v) is 7.97. The van der Waals surface area contributed by atoms with Crippen molar-refractivity contribution in [1.82, 2.24) is 20.0 Å². The second-order valence-corrected chi connectivity index (χ2v) is 17.5. The number of nitrogens with zero attached hydrogens (tertiary/aromatic N) is 3. The van der Waals surface area contributed by atoms with Gasteiger partial charge in [0.2, 0.25) is 18.3 Å². The molecule has 60 heavy (non-hydrogen) atoms. The molecule has 0 radical (unpaired) electrons. The number of amides is 1. The Morgan fingerprint density at radius 2 is 1.57 bits per heavy atom. The van der Waals surface area contributed by atoms with E-state index in [1.54, 1.807) is 0 Å². The number of aryl methyl sites for hydroxylation is 1. The van der Waals surface area contributed by atoms with E-state index >= 15 is 0 Å². The van der Waals surface area contributed by atoms with Gasteiger partial charge < -0.3 is 43.0 Å². The summed E-state index contributed by atoms with van der Waals surface area (Å²) in [6.45, 7) is 20.7. The van der Waals surface area contributed by atoms with Gasteiger partial charge in [0.15, 0.2) is 12.2 Å². The minimum atomic E-state index is -1.42. The topological polar surface area (TPSA) is 185 Å². The summed E-state index contributed by atoms with van der Waals surface area (Å²) in [6, 6.07) is 6.29. The molecule has 0 bridgehead atoms. The Morgan fingerprint density at radius 3 is 2.15 bits per heavy atom. The van der Waals surface area contributed by atoms with Gasteiger partial charge in [-0.1, -0.05) is 44.2 Å². The summed E-state index contributed by atoms with van der Waals surface area (Å²) >= 11 is 0. The molecule has 16 nitrogen and oxygen atoms in total. The van der Waals surface area contributed by atoms with Crippen LogP contribution >= 0.6 is 0 Å². The normalized spacial score (nSPS) is 22.9. The number of rotatable bonds is 14. The molecule has 1 amide bonds. The van der Waals surface area contributed by atoms with Crippen LogP contribution in [0.25, 0.3) is 6.08 Å². The molecule has 5 atom stereocenters. The Morgan fingerprint density at radius 1 is 0.933 bits per heavy atom. The van der Waals surface area contributed by atoms with Crippen molar-refractivity contribution < 1.29 is 57.1 Å². The van der Waals surface area contributed by atoms with Gasteiger partial charge >= 0.3 is 30.0 Å². The highest BCUT2D eigenvalue weighted by molar-refractivity contribution is 5.70. The molecule has 3 saturated heterocycles. The van der Waals surface area contributed by atoms with Crippen LogP contribution in [0.2, 0.25) is 0 Å². The molecule has 3 fully saturated rings. The molecule has 5 rings (SSSR count). The van der Waals surface area contributed by atoms with E-state index in [1.807, 2.05) is 39.5 Å². The van der Waals surface area contributed by atoms with Crippen molar-refractivity contribution in [1.29, 1.82) is 0 Å². The summed E-state index contributed by atoms with van der Waals surface area (Å²) in [5.74, 6) is -2.62. The molecule has 1 N–H and O–H groups in total. The van der Waals surface area contributed by atoms with Crippen molar-refractivity contribution in [2.45, 2.75) is 137 Å². The molecule has 0 saturated carbocycles. The van der Waals surface area contributed by atoms with Crippen LogP contribution in [-0.4, -0.2) is 126 Å². The van der Waals surface area contributed by atoms with Gasteiger partial charge in [0.05, 0.1) is 0 Å². The molecule has 1 aromatic carbocycles. The highest BCUT2D eigenvalue weighted by Gasteiger charge is 2.54. The van der Waals surface area contributed by atoms with Crippen molar-refractivity contribution in [2.75, 3.05) is 39.3 Å². The van der Waals surface area contributed by atoms with Crippen LogP contribution in [0.4, 0.5) is 4.79 Å². The van der Waals surface area contributed by atoms with Gasteiger partial charge in [0.1, 0.15) is 18.3 Å². The molecular formula is C44H62N4O12. The Hall–Kier alpha value is -4.96. The standard InChI is InChI=1S/C44H62N4O12/c1-26(2)36-34(40(46-45-36)59-41-39(57-31(7)52)38(56-30(6)51)37(55-29(5)50)35(58-41)23-54-28(4)49)22-33-15-14-32(21-27(33)3)13-11-12-18-47-19-16-44(17-20-47)24-48(25-44)42(53)60-43(8,9)10/h11,13-15,21,26,35,37-39,41H,12,16-20,22-25H2,1-10H3,(H,45,46)/b13-11+/t35-,37-,38+,39-,41+/m1/s1. The summed E-state index contributed by atoms with van der Waals surface area (Å²) in [5.41, 5.74) is 4.48. The molecule has 3 aliphatic rings. The van der Waals surface area contributed by atoms with Crippen molar-refractivity contribution in [3.8, 4) is 5.88 Å².